The number of benzene rings is 3. The minimum atomic E-state index is -0.296. The highest BCUT2D eigenvalue weighted by Gasteiger charge is 2.14. The van der Waals surface area contributed by atoms with Crippen LogP contribution in [0.5, 0.6) is 5.75 Å². The number of aryl methyl sites for hydroxylation is 1. The second-order valence-corrected chi connectivity index (χ2v) is 8.73. The number of para-hydroxylation sites is 2. The predicted molar refractivity (Wildman–Crippen MR) is 125 cm³/mol. The molecule has 0 spiro atoms. The molecule has 30 heavy (non-hydrogen) atoms. The molecule has 0 bridgehead atoms. The molecule has 4 rings (SSSR count). The number of nitrogens with one attached hydrogen (secondary N) is 1. The van der Waals surface area contributed by atoms with Gasteiger partial charge in [0.05, 0.1) is 15.1 Å². The molecular formula is C22H15Br2ClN2O3. The Balaban J connectivity index is 1.50. The Morgan fingerprint density at radius 2 is 1.97 bits per heavy atom. The van der Waals surface area contributed by atoms with E-state index < -0.39 is 0 Å². The Morgan fingerprint density at radius 3 is 2.73 bits per heavy atom. The zero-order chi connectivity index (χ0) is 21.3. The van der Waals surface area contributed by atoms with E-state index in [-0.39, 0.29) is 12.5 Å². The maximum absolute atomic E-state index is 12.4. The number of rotatable bonds is 5. The van der Waals surface area contributed by atoms with Crippen LogP contribution in [0, 0.1) is 6.92 Å². The summed E-state index contributed by atoms with van der Waals surface area (Å²) in [5.41, 5.74) is 3.48. The van der Waals surface area contributed by atoms with Gasteiger partial charge >= 0.3 is 0 Å². The van der Waals surface area contributed by atoms with Crippen LogP contribution in [0.1, 0.15) is 5.56 Å². The fourth-order valence-electron chi connectivity index (χ4n) is 2.96. The number of oxazole rings is 1. The molecule has 1 N–H and O–H groups in total. The van der Waals surface area contributed by atoms with Gasteiger partial charge in [0.15, 0.2) is 12.2 Å². The first-order valence-corrected chi connectivity index (χ1v) is 10.9. The smallest absolute Gasteiger partial charge is 0.262 e. The number of carbonyl (C=O) groups is 1. The van der Waals surface area contributed by atoms with Crippen molar-refractivity contribution in [3.05, 3.63) is 74.1 Å². The van der Waals surface area contributed by atoms with Crippen molar-refractivity contribution in [3.63, 3.8) is 0 Å². The summed E-state index contributed by atoms with van der Waals surface area (Å²) in [6, 6.07) is 16.4. The largest absolute Gasteiger partial charge is 0.482 e. The number of hydrogen-bond donors (Lipinski definition) is 1. The number of ether oxygens (including phenoxy) is 1. The highest BCUT2D eigenvalue weighted by atomic mass is 79.9. The fraction of sp³-hybridized carbons (Fsp3) is 0.0909. The summed E-state index contributed by atoms with van der Waals surface area (Å²) in [6.45, 7) is 1.77. The minimum absolute atomic E-state index is 0.137. The van der Waals surface area contributed by atoms with Crippen molar-refractivity contribution < 1.29 is 13.9 Å². The number of nitrogens with zero attached hydrogens (tertiary/aromatic N) is 1. The number of hydrogen-bond acceptors (Lipinski definition) is 4. The summed E-state index contributed by atoms with van der Waals surface area (Å²) < 4.78 is 13.2. The quantitative estimate of drug-likeness (QED) is 0.291. The van der Waals surface area contributed by atoms with Gasteiger partial charge < -0.3 is 14.5 Å². The second kappa shape index (κ2) is 8.79. The Hall–Kier alpha value is -2.35. The molecule has 0 aliphatic rings. The van der Waals surface area contributed by atoms with Crippen molar-refractivity contribution in [1.29, 1.82) is 0 Å². The number of carbonyl (C=O) groups excluding carboxylic acids is 1. The fourth-order valence-corrected chi connectivity index (χ4v) is 4.71. The van der Waals surface area contributed by atoms with Crippen molar-refractivity contribution in [1.82, 2.24) is 4.98 Å². The van der Waals surface area contributed by atoms with Crippen molar-refractivity contribution >= 4 is 66.2 Å². The molecule has 1 amide bonds. The summed E-state index contributed by atoms with van der Waals surface area (Å²) in [5, 5.41) is 3.29. The molecule has 0 unspecified atom stereocenters. The van der Waals surface area contributed by atoms with Crippen molar-refractivity contribution in [2.75, 3.05) is 11.9 Å². The van der Waals surface area contributed by atoms with E-state index in [2.05, 4.69) is 42.2 Å². The molecule has 0 aliphatic carbocycles. The standard InChI is InChI=1S/C22H15Br2ClN2O3/c1-12-8-13(23)9-16(24)21(12)29-11-20(28)26-14-6-7-17(25)15(10-14)22-27-18-4-2-3-5-19(18)30-22/h2-10H,11H2,1H3,(H,26,28). The zero-order valence-electron chi connectivity index (χ0n) is 15.7. The van der Waals surface area contributed by atoms with E-state index in [9.17, 15) is 4.79 Å². The van der Waals surface area contributed by atoms with Gasteiger partial charge in [-0.2, -0.15) is 0 Å². The Labute approximate surface area is 194 Å². The number of aromatic nitrogens is 1. The lowest BCUT2D eigenvalue weighted by molar-refractivity contribution is -0.118. The monoisotopic (exact) mass is 548 g/mol. The normalized spacial score (nSPS) is 10.9. The Morgan fingerprint density at radius 1 is 1.17 bits per heavy atom. The number of halogens is 3. The van der Waals surface area contributed by atoms with E-state index in [0.29, 0.717) is 33.5 Å². The molecule has 1 heterocycles. The van der Waals surface area contributed by atoms with Crippen LogP contribution >= 0.6 is 43.5 Å². The maximum Gasteiger partial charge on any atom is 0.262 e. The van der Waals surface area contributed by atoms with Gasteiger partial charge in [-0.15, -0.1) is 0 Å². The molecular weight excluding hydrogens is 536 g/mol. The van der Waals surface area contributed by atoms with E-state index in [1.165, 1.54) is 0 Å². The Kier molecular flexibility index (Phi) is 6.13. The van der Waals surface area contributed by atoms with Crippen molar-refractivity contribution in [2.45, 2.75) is 6.92 Å². The molecule has 3 aromatic carbocycles. The van der Waals surface area contributed by atoms with Gasteiger partial charge in [0, 0.05) is 10.2 Å². The van der Waals surface area contributed by atoms with E-state index in [1.54, 1.807) is 18.2 Å². The van der Waals surface area contributed by atoms with Crippen LogP contribution in [0.2, 0.25) is 5.02 Å². The van der Waals surface area contributed by atoms with E-state index >= 15 is 0 Å². The van der Waals surface area contributed by atoms with Gasteiger partial charge in [-0.3, -0.25) is 4.79 Å². The van der Waals surface area contributed by atoms with Crippen LogP contribution in [-0.4, -0.2) is 17.5 Å². The minimum Gasteiger partial charge on any atom is -0.482 e. The first-order chi connectivity index (χ1) is 14.4. The molecule has 0 radical (unpaired) electrons. The molecule has 8 heteroatoms. The summed E-state index contributed by atoms with van der Waals surface area (Å²) in [7, 11) is 0. The predicted octanol–water partition coefficient (Wildman–Crippen LogP) is 7.00. The molecule has 5 nitrogen and oxygen atoms in total. The van der Waals surface area contributed by atoms with E-state index in [1.807, 2.05) is 43.3 Å². The number of anilines is 1. The maximum atomic E-state index is 12.4. The van der Waals surface area contributed by atoms with Crippen LogP contribution in [0.15, 0.2) is 68.0 Å². The van der Waals surface area contributed by atoms with Crippen LogP contribution in [0.25, 0.3) is 22.6 Å². The van der Waals surface area contributed by atoms with Gasteiger partial charge in [0.2, 0.25) is 5.89 Å². The molecule has 0 aliphatic heterocycles. The third-order valence-electron chi connectivity index (χ3n) is 4.32. The van der Waals surface area contributed by atoms with Gasteiger partial charge in [-0.05, 0) is 70.9 Å². The third kappa shape index (κ3) is 4.53. The molecule has 4 aromatic rings. The van der Waals surface area contributed by atoms with Crippen molar-refractivity contribution in [2.24, 2.45) is 0 Å². The molecule has 0 saturated heterocycles. The Bertz CT molecular complexity index is 1200. The molecule has 152 valence electrons. The zero-order valence-corrected chi connectivity index (χ0v) is 19.6. The molecule has 0 saturated carbocycles. The molecule has 0 fully saturated rings. The number of fused-ring (bicyclic) bond motifs is 1. The van der Waals surface area contributed by atoms with Crippen molar-refractivity contribution in [3.8, 4) is 17.2 Å². The topological polar surface area (TPSA) is 64.4 Å². The summed E-state index contributed by atoms with van der Waals surface area (Å²) in [4.78, 5) is 16.9. The number of amides is 1. The average molecular weight is 551 g/mol. The van der Waals surface area contributed by atoms with Crippen LogP contribution in [-0.2, 0) is 4.79 Å². The average Bonchev–Trinajstić information content (AvgIpc) is 3.12. The van der Waals surface area contributed by atoms with Gasteiger partial charge in [0.25, 0.3) is 5.91 Å². The second-order valence-electron chi connectivity index (χ2n) is 6.55. The lowest BCUT2D eigenvalue weighted by Gasteiger charge is -2.12. The van der Waals surface area contributed by atoms with Gasteiger partial charge in [-0.25, -0.2) is 4.98 Å². The van der Waals surface area contributed by atoms with Gasteiger partial charge in [0.1, 0.15) is 11.3 Å². The van der Waals surface area contributed by atoms with Crippen LogP contribution in [0.4, 0.5) is 5.69 Å². The summed E-state index contributed by atoms with van der Waals surface area (Å²) >= 11 is 13.2. The third-order valence-corrected chi connectivity index (χ3v) is 5.69. The van der Waals surface area contributed by atoms with E-state index in [4.69, 9.17) is 20.8 Å². The molecule has 0 atom stereocenters. The van der Waals surface area contributed by atoms with Gasteiger partial charge in [-0.1, -0.05) is 39.7 Å². The van der Waals surface area contributed by atoms with E-state index in [0.717, 1.165) is 20.0 Å². The molecule has 1 aromatic heterocycles. The van der Waals surface area contributed by atoms with Crippen LogP contribution < -0.4 is 10.1 Å². The van der Waals surface area contributed by atoms with Crippen LogP contribution in [0.3, 0.4) is 0 Å². The first kappa shape index (κ1) is 20.9. The summed E-state index contributed by atoms with van der Waals surface area (Å²) in [6.07, 6.45) is 0. The lowest BCUT2D eigenvalue weighted by atomic mass is 10.2. The summed E-state index contributed by atoms with van der Waals surface area (Å²) in [5.74, 6) is 0.717. The first-order valence-electron chi connectivity index (χ1n) is 8.94. The highest BCUT2D eigenvalue weighted by molar-refractivity contribution is 9.11. The lowest BCUT2D eigenvalue weighted by Crippen LogP contribution is -2.20. The highest BCUT2D eigenvalue weighted by Crippen LogP contribution is 2.33. The SMILES string of the molecule is Cc1cc(Br)cc(Br)c1OCC(=O)Nc1ccc(Cl)c(-c2nc3ccccc3o2)c1.